The molecule has 0 aromatic heterocycles. The van der Waals surface area contributed by atoms with Crippen LogP contribution in [0.15, 0.2) is 24.3 Å². The quantitative estimate of drug-likeness (QED) is 0.771. The van der Waals surface area contributed by atoms with Gasteiger partial charge in [-0.3, -0.25) is 14.6 Å². The smallest absolute Gasteiger partial charge is 0.322 e. The highest BCUT2D eigenvalue weighted by Crippen LogP contribution is 2.34. The summed E-state index contributed by atoms with van der Waals surface area (Å²) in [4.78, 5) is 32.1. The molecule has 2 aliphatic heterocycles. The number of nitrogens with zero attached hydrogens (tertiary/aromatic N) is 3. The van der Waals surface area contributed by atoms with Gasteiger partial charge in [0.25, 0.3) is 0 Å². The van der Waals surface area contributed by atoms with Gasteiger partial charge in [-0.25, -0.2) is 4.79 Å². The number of para-hydroxylation sites is 2. The molecule has 0 unspecified atom stereocenters. The molecule has 0 spiro atoms. The minimum absolute atomic E-state index is 0.0615. The van der Waals surface area contributed by atoms with Crippen LogP contribution in [-0.4, -0.2) is 55.1 Å². The molecule has 1 saturated heterocycles. The molecule has 0 bridgehead atoms. The molecular formula is C25H40N4O2. The number of benzene rings is 1. The standard InChI is InChI=1S/C25H40N4O2/c1-24(2,3)17-22(30)28-15-16-29(21-10-8-7-9-20(21)28)23(31)26-18-19-11-13-27(14-12-19)25(4,5)6/h7-10,19H,11-18H2,1-6H3,(H,26,31). The molecule has 6 nitrogen and oxygen atoms in total. The number of hydrogen-bond donors (Lipinski definition) is 1. The van der Waals surface area contributed by atoms with Crippen LogP contribution < -0.4 is 15.1 Å². The summed E-state index contributed by atoms with van der Waals surface area (Å²) >= 11 is 0. The van der Waals surface area contributed by atoms with Crippen molar-refractivity contribution in [3.05, 3.63) is 24.3 Å². The number of anilines is 2. The fourth-order valence-corrected chi connectivity index (χ4v) is 4.52. The Balaban J connectivity index is 1.61. The zero-order valence-corrected chi connectivity index (χ0v) is 20.2. The molecule has 1 aromatic rings. The number of likely N-dealkylation sites (tertiary alicyclic amines) is 1. The van der Waals surface area contributed by atoms with Gasteiger partial charge >= 0.3 is 6.03 Å². The van der Waals surface area contributed by atoms with Crippen molar-refractivity contribution >= 4 is 23.3 Å². The highest BCUT2D eigenvalue weighted by Gasteiger charge is 2.32. The van der Waals surface area contributed by atoms with Crippen LogP contribution >= 0.6 is 0 Å². The van der Waals surface area contributed by atoms with Gasteiger partial charge in [0, 0.05) is 31.6 Å². The average Bonchev–Trinajstić information content (AvgIpc) is 2.69. The van der Waals surface area contributed by atoms with E-state index in [1.54, 1.807) is 4.90 Å². The van der Waals surface area contributed by atoms with E-state index >= 15 is 0 Å². The fraction of sp³-hybridized carbons (Fsp3) is 0.680. The predicted octanol–water partition coefficient (Wildman–Crippen LogP) is 4.50. The van der Waals surface area contributed by atoms with E-state index < -0.39 is 0 Å². The lowest BCUT2D eigenvalue weighted by atomic mass is 9.91. The second kappa shape index (κ2) is 9.19. The molecule has 2 heterocycles. The third-order valence-corrected chi connectivity index (χ3v) is 6.34. The molecule has 3 amide bonds. The number of nitrogens with one attached hydrogen (secondary N) is 1. The van der Waals surface area contributed by atoms with Gasteiger partial charge in [0.2, 0.25) is 5.91 Å². The number of rotatable bonds is 3. The third kappa shape index (κ3) is 6.00. The van der Waals surface area contributed by atoms with Crippen molar-refractivity contribution < 1.29 is 9.59 Å². The normalized spacial score (nSPS) is 18.6. The Morgan fingerprint density at radius 1 is 0.903 bits per heavy atom. The predicted molar refractivity (Wildman–Crippen MR) is 128 cm³/mol. The number of carbonyl (C=O) groups is 2. The van der Waals surface area contributed by atoms with Gasteiger partial charge in [0.05, 0.1) is 11.4 Å². The Labute approximate surface area is 188 Å². The van der Waals surface area contributed by atoms with Crippen molar-refractivity contribution in [2.75, 3.05) is 42.5 Å². The summed E-state index contributed by atoms with van der Waals surface area (Å²) in [5.41, 5.74) is 1.79. The fourth-order valence-electron chi connectivity index (χ4n) is 4.52. The second-order valence-corrected chi connectivity index (χ2v) is 11.2. The van der Waals surface area contributed by atoms with Crippen LogP contribution in [0.2, 0.25) is 0 Å². The largest absolute Gasteiger partial charge is 0.337 e. The maximum atomic E-state index is 13.0. The molecule has 1 aromatic carbocycles. The van der Waals surface area contributed by atoms with Gasteiger partial charge < -0.3 is 10.2 Å². The number of urea groups is 1. The zero-order valence-electron chi connectivity index (χ0n) is 20.2. The van der Waals surface area contributed by atoms with Gasteiger partial charge in [-0.2, -0.15) is 0 Å². The van der Waals surface area contributed by atoms with Crippen LogP contribution in [0.1, 0.15) is 60.8 Å². The van der Waals surface area contributed by atoms with Crippen LogP contribution in [0.4, 0.5) is 16.2 Å². The Morgan fingerprint density at radius 2 is 1.45 bits per heavy atom. The first kappa shape index (κ1) is 23.6. The van der Waals surface area contributed by atoms with Crippen LogP contribution in [0.3, 0.4) is 0 Å². The molecule has 0 radical (unpaired) electrons. The Kier molecular flexibility index (Phi) is 6.99. The molecule has 3 rings (SSSR count). The third-order valence-electron chi connectivity index (χ3n) is 6.34. The van der Waals surface area contributed by atoms with Gasteiger partial charge in [-0.15, -0.1) is 0 Å². The van der Waals surface area contributed by atoms with E-state index in [4.69, 9.17) is 0 Å². The van der Waals surface area contributed by atoms with E-state index in [0.29, 0.717) is 32.0 Å². The maximum Gasteiger partial charge on any atom is 0.322 e. The lowest BCUT2D eigenvalue weighted by Crippen LogP contribution is -2.51. The number of amides is 3. The Hall–Kier alpha value is -2.08. The highest BCUT2D eigenvalue weighted by molar-refractivity contribution is 6.03. The Morgan fingerprint density at radius 3 is 2.00 bits per heavy atom. The first-order valence-electron chi connectivity index (χ1n) is 11.7. The first-order valence-corrected chi connectivity index (χ1v) is 11.7. The maximum absolute atomic E-state index is 13.0. The molecule has 172 valence electrons. The summed E-state index contributed by atoms with van der Waals surface area (Å²) in [6, 6.07) is 7.68. The summed E-state index contributed by atoms with van der Waals surface area (Å²) in [7, 11) is 0. The SMILES string of the molecule is CC(C)(C)CC(=O)N1CCN(C(=O)NCC2CCN(C(C)(C)C)CC2)c2ccccc21. The topological polar surface area (TPSA) is 55.9 Å². The van der Waals surface area contributed by atoms with E-state index in [0.717, 1.165) is 37.3 Å². The molecular weight excluding hydrogens is 388 g/mol. The highest BCUT2D eigenvalue weighted by atomic mass is 16.2. The number of carbonyl (C=O) groups excluding carboxylic acids is 2. The van der Waals surface area contributed by atoms with E-state index in [1.807, 2.05) is 29.2 Å². The second-order valence-electron chi connectivity index (χ2n) is 11.2. The van der Waals surface area contributed by atoms with Crippen LogP contribution in [0.25, 0.3) is 0 Å². The molecule has 2 aliphatic rings. The summed E-state index contributed by atoms with van der Waals surface area (Å²) in [6.45, 7) is 16.9. The summed E-state index contributed by atoms with van der Waals surface area (Å²) in [5.74, 6) is 0.637. The Bertz CT molecular complexity index is 785. The summed E-state index contributed by atoms with van der Waals surface area (Å²) < 4.78 is 0. The zero-order chi connectivity index (χ0) is 22.8. The van der Waals surface area contributed by atoms with Gasteiger partial charge in [0.1, 0.15) is 0 Å². The van der Waals surface area contributed by atoms with Crippen molar-refractivity contribution in [3.63, 3.8) is 0 Å². The number of piperidine rings is 1. The molecule has 6 heteroatoms. The van der Waals surface area contributed by atoms with E-state index in [1.165, 1.54) is 0 Å². The minimum Gasteiger partial charge on any atom is -0.337 e. The molecule has 1 fully saturated rings. The van der Waals surface area contributed by atoms with E-state index in [-0.39, 0.29) is 22.9 Å². The van der Waals surface area contributed by atoms with Gasteiger partial charge in [-0.1, -0.05) is 32.9 Å². The molecule has 0 aliphatic carbocycles. The molecule has 31 heavy (non-hydrogen) atoms. The van der Waals surface area contributed by atoms with Crippen molar-refractivity contribution in [3.8, 4) is 0 Å². The van der Waals surface area contributed by atoms with Crippen LogP contribution in [-0.2, 0) is 4.79 Å². The summed E-state index contributed by atoms with van der Waals surface area (Å²) in [5, 5.41) is 3.16. The monoisotopic (exact) mass is 428 g/mol. The molecule has 1 N–H and O–H groups in total. The molecule has 0 saturated carbocycles. The lowest BCUT2D eigenvalue weighted by molar-refractivity contribution is -0.120. The first-order chi connectivity index (χ1) is 14.5. The van der Waals surface area contributed by atoms with E-state index in [9.17, 15) is 9.59 Å². The summed E-state index contributed by atoms with van der Waals surface area (Å²) in [6.07, 6.45) is 2.72. The van der Waals surface area contributed by atoms with Crippen molar-refractivity contribution in [2.45, 2.75) is 66.3 Å². The van der Waals surface area contributed by atoms with Crippen molar-refractivity contribution in [1.29, 1.82) is 0 Å². The minimum atomic E-state index is -0.0664. The van der Waals surface area contributed by atoms with Crippen LogP contribution in [0.5, 0.6) is 0 Å². The van der Waals surface area contributed by atoms with E-state index in [2.05, 4.69) is 51.8 Å². The lowest BCUT2D eigenvalue weighted by Gasteiger charge is -2.41. The average molecular weight is 429 g/mol. The van der Waals surface area contributed by atoms with Gasteiger partial charge in [0.15, 0.2) is 0 Å². The van der Waals surface area contributed by atoms with Crippen molar-refractivity contribution in [1.82, 2.24) is 10.2 Å². The molecule has 0 atom stereocenters. The van der Waals surface area contributed by atoms with Gasteiger partial charge in [-0.05, 0) is 70.2 Å². The number of hydrogen-bond acceptors (Lipinski definition) is 3. The number of fused-ring (bicyclic) bond motifs is 1. The van der Waals surface area contributed by atoms with Crippen molar-refractivity contribution in [2.24, 2.45) is 11.3 Å². The van der Waals surface area contributed by atoms with Crippen LogP contribution in [0, 0.1) is 11.3 Å².